The lowest BCUT2D eigenvalue weighted by atomic mass is 10.1. The second-order valence-corrected chi connectivity index (χ2v) is 4.76. The Bertz CT molecular complexity index is 789. The molecule has 0 aliphatic carbocycles. The fourth-order valence-electron chi connectivity index (χ4n) is 2.09. The van der Waals surface area contributed by atoms with E-state index in [1.165, 1.54) is 7.11 Å². The van der Waals surface area contributed by atoms with Crippen molar-refractivity contribution in [1.82, 2.24) is 0 Å². The number of ketones is 1. The van der Waals surface area contributed by atoms with Gasteiger partial charge in [0.15, 0.2) is 5.76 Å². The van der Waals surface area contributed by atoms with Crippen LogP contribution in [0.5, 0.6) is 5.75 Å². The molecule has 0 aliphatic rings. The van der Waals surface area contributed by atoms with Crippen LogP contribution >= 0.6 is 11.6 Å². The molecule has 0 bridgehead atoms. The molecule has 20 heavy (non-hydrogen) atoms. The monoisotopic (exact) mass is 286 g/mol. The first-order valence-corrected chi connectivity index (χ1v) is 6.43. The molecule has 0 aliphatic heterocycles. The third-order valence-corrected chi connectivity index (χ3v) is 3.29. The van der Waals surface area contributed by atoms with Gasteiger partial charge in [-0.15, -0.1) is 0 Å². The van der Waals surface area contributed by atoms with Gasteiger partial charge < -0.3 is 9.15 Å². The van der Waals surface area contributed by atoms with Crippen molar-refractivity contribution in [1.29, 1.82) is 0 Å². The third kappa shape index (κ3) is 2.17. The average molecular weight is 287 g/mol. The van der Waals surface area contributed by atoms with Gasteiger partial charge in [0, 0.05) is 10.4 Å². The van der Waals surface area contributed by atoms with Gasteiger partial charge in [-0.05, 0) is 36.4 Å². The van der Waals surface area contributed by atoms with E-state index in [0.717, 1.165) is 5.39 Å². The molecule has 3 rings (SSSR count). The molecule has 3 aromatic rings. The van der Waals surface area contributed by atoms with Crippen molar-refractivity contribution in [3.63, 3.8) is 0 Å². The molecule has 0 amide bonds. The molecular weight excluding hydrogens is 276 g/mol. The van der Waals surface area contributed by atoms with E-state index in [4.69, 9.17) is 20.8 Å². The Morgan fingerprint density at radius 2 is 1.95 bits per heavy atom. The van der Waals surface area contributed by atoms with Gasteiger partial charge in [0.1, 0.15) is 11.3 Å². The van der Waals surface area contributed by atoms with Crippen LogP contribution in [0.4, 0.5) is 0 Å². The smallest absolute Gasteiger partial charge is 0.231 e. The van der Waals surface area contributed by atoms with Crippen LogP contribution in [0.1, 0.15) is 16.1 Å². The quantitative estimate of drug-likeness (QED) is 0.673. The first-order valence-electron chi connectivity index (χ1n) is 6.06. The summed E-state index contributed by atoms with van der Waals surface area (Å²) in [5.74, 6) is 0.581. The molecule has 0 atom stereocenters. The summed E-state index contributed by atoms with van der Waals surface area (Å²) in [4.78, 5) is 12.5. The van der Waals surface area contributed by atoms with Crippen LogP contribution in [0.25, 0.3) is 11.0 Å². The molecule has 3 nitrogen and oxygen atoms in total. The number of carbonyl (C=O) groups excluding carboxylic acids is 1. The second kappa shape index (κ2) is 5.02. The van der Waals surface area contributed by atoms with Crippen molar-refractivity contribution >= 4 is 28.4 Å². The number of fused-ring (bicyclic) bond motifs is 1. The average Bonchev–Trinajstić information content (AvgIpc) is 2.89. The van der Waals surface area contributed by atoms with E-state index in [1.54, 1.807) is 42.5 Å². The first kappa shape index (κ1) is 12.8. The van der Waals surface area contributed by atoms with E-state index in [2.05, 4.69) is 0 Å². The largest absolute Gasteiger partial charge is 0.496 e. The third-order valence-electron chi connectivity index (χ3n) is 3.05. The Morgan fingerprint density at radius 3 is 2.75 bits per heavy atom. The number of halogens is 1. The number of para-hydroxylation sites is 1. The van der Waals surface area contributed by atoms with Gasteiger partial charge in [-0.1, -0.05) is 23.7 Å². The van der Waals surface area contributed by atoms with Crippen LogP contribution in [0, 0.1) is 0 Å². The second-order valence-electron chi connectivity index (χ2n) is 4.32. The van der Waals surface area contributed by atoms with Crippen molar-refractivity contribution in [2.45, 2.75) is 0 Å². The molecule has 0 radical (unpaired) electrons. The maximum atomic E-state index is 12.5. The van der Waals surface area contributed by atoms with Crippen LogP contribution < -0.4 is 4.74 Å². The van der Waals surface area contributed by atoms with Gasteiger partial charge in [-0.2, -0.15) is 0 Å². The van der Waals surface area contributed by atoms with Gasteiger partial charge in [0.2, 0.25) is 5.78 Å². The van der Waals surface area contributed by atoms with E-state index in [0.29, 0.717) is 21.9 Å². The van der Waals surface area contributed by atoms with Crippen molar-refractivity contribution in [2.24, 2.45) is 0 Å². The highest BCUT2D eigenvalue weighted by atomic mass is 35.5. The summed E-state index contributed by atoms with van der Waals surface area (Å²) >= 11 is 5.93. The highest BCUT2D eigenvalue weighted by Gasteiger charge is 2.18. The summed E-state index contributed by atoms with van der Waals surface area (Å²) in [7, 11) is 1.53. The lowest BCUT2D eigenvalue weighted by Crippen LogP contribution is -2.02. The van der Waals surface area contributed by atoms with Crippen LogP contribution in [0.15, 0.2) is 52.9 Å². The topological polar surface area (TPSA) is 39.4 Å². The van der Waals surface area contributed by atoms with E-state index >= 15 is 0 Å². The number of hydrogen-bond acceptors (Lipinski definition) is 3. The van der Waals surface area contributed by atoms with E-state index in [1.807, 2.05) is 6.07 Å². The number of ether oxygens (including phenoxy) is 1. The molecule has 1 heterocycles. The van der Waals surface area contributed by atoms with Crippen LogP contribution in [0.3, 0.4) is 0 Å². The van der Waals surface area contributed by atoms with E-state index in [-0.39, 0.29) is 11.5 Å². The minimum atomic E-state index is -0.213. The van der Waals surface area contributed by atoms with Crippen molar-refractivity contribution in [3.8, 4) is 5.75 Å². The lowest BCUT2D eigenvalue weighted by Gasteiger charge is -2.04. The maximum absolute atomic E-state index is 12.5. The highest BCUT2D eigenvalue weighted by Crippen LogP contribution is 2.27. The minimum absolute atomic E-state index is 0.213. The lowest BCUT2D eigenvalue weighted by molar-refractivity contribution is 0.101. The zero-order valence-corrected chi connectivity index (χ0v) is 11.5. The molecule has 0 unspecified atom stereocenters. The summed E-state index contributed by atoms with van der Waals surface area (Å²) < 4.78 is 10.8. The Balaban J connectivity index is 2.08. The molecule has 0 N–H and O–H groups in total. The van der Waals surface area contributed by atoms with Crippen LogP contribution in [0.2, 0.25) is 5.02 Å². The predicted molar refractivity (Wildman–Crippen MR) is 77.7 cm³/mol. The predicted octanol–water partition coefficient (Wildman–Crippen LogP) is 4.33. The van der Waals surface area contributed by atoms with E-state index < -0.39 is 0 Å². The normalized spacial score (nSPS) is 10.7. The molecule has 2 aromatic carbocycles. The summed E-state index contributed by atoms with van der Waals surface area (Å²) in [5, 5.41) is 1.41. The Morgan fingerprint density at radius 1 is 1.15 bits per heavy atom. The fraction of sp³-hybridized carbons (Fsp3) is 0.0625. The SMILES string of the molecule is COc1ccccc1C(=O)c1cc2cc(Cl)ccc2o1. The standard InChI is InChI=1S/C16H11ClO3/c1-19-14-5-3-2-4-12(14)16(18)15-9-10-8-11(17)6-7-13(10)20-15/h2-9H,1H3. The van der Waals surface area contributed by atoms with Crippen molar-refractivity contribution in [3.05, 3.63) is 64.9 Å². The molecule has 4 heteroatoms. The summed E-state index contributed by atoms with van der Waals surface area (Å²) in [6, 6.07) is 14.0. The summed E-state index contributed by atoms with van der Waals surface area (Å²) in [6.07, 6.45) is 0. The molecule has 100 valence electrons. The molecule has 0 saturated heterocycles. The minimum Gasteiger partial charge on any atom is -0.496 e. The first-order chi connectivity index (χ1) is 9.69. The highest BCUT2D eigenvalue weighted by molar-refractivity contribution is 6.31. The zero-order chi connectivity index (χ0) is 14.1. The molecular formula is C16H11ClO3. The van der Waals surface area contributed by atoms with Crippen molar-refractivity contribution < 1.29 is 13.9 Å². The Hall–Kier alpha value is -2.26. The number of carbonyl (C=O) groups is 1. The van der Waals surface area contributed by atoms with Crippen LogP contribution in [-0.2, 0) is 0 Å². The number of methoxy groups -OCH3 is 1. The number of rotatable bonds is 3. The van der Waals surface area contributed by atoms with Gasteiger partial charge in [-0.25, -0.2) is 0 Å². The van der Waals surface area contributed by atoms with E-state index in [9.17, 15) is 4.79 Å². The van der Waals surface area contributed by atoms with Crippen molar-refractivity contribution in [2.75, 3.05) is 7.11 Å². The van der Waals surface area contributed by atoms with Gasteiger partial charge in [-0.3, -0.25) is 4.79 Å². The fourth-order valence-corrected chi connectivity index (χ4v) is 2.27. The number of benzene rings is 2. The van der Waals surface area contributed by atoms with Gasteiger partial charge in [0.25, 0.3) is 0 Å². The summed E-state index contributed by atoms with van der Waals surface area (Å²) in [5.41, 5.74) is 1.10. The summed E-state index contributed by atoms with van der Waals surface area (Å²) in [6.45, 7) is 0. The van der Waals surface area contributed by atoms with Gasteiger partial charge >= 0.3 is 0 Å². The number of hydrogen-bond donors (Lipinski definition) is 0. The Kier molecular flexibility index (Phi) is 3.20. The van der Waals surface area contributed by atoms with Crippen LogP contribution in [-0.4, -0.2) is 12.9 Å². The Labute approximate surface area is 120 Å². The number of furan rings is 1. The van der Waals surface area contributed by atoms with Gasteiger partial charge in [0.05, 0.1) is 12.7 Å². The molecule has 0 spiro atoms. The zero-order valence-electron chi connectivity index (χ0n) is 10.7. The molecule has 0 fully saturated rings. The maximum Gasteiger partial charge on any atom is 0.231 e. The molecule has 1 aromatic heterocycles. The molecule has 0 saturated carbocycles.